The van der Waals surface area contributed by atoms with Crippen LogP contribution in [0.1, 0.15) is 36.6 Å². The summed E-state index contributed by atoms with van der Waals surface area (Å²) in [5.74, 6) is 1.04. The number of hydrogen-bond donors (Lipinski definition) is 1. The van der Waals surface area contributed by atoms with Crippen LogP contribution in [0.25, 0.3) is 22.0 Å². The lowest BCUT2D eigenvalue weighted by Gasteiger charge is -2.26. The lowest BCUT2D eigenvalue weighted by Crippen LogP contribution is -2.47. The highest BCUT2D eigenvalue weighted by atomic mass is 16.2. The summed E-state index contributed by atoms with van der Waals surface area (Å²) in [6.45, 7) is 6.43. The molecular formula is C27H28N8O3. The van der Waals surface area contributed by atoms with Gasteiger partial charge >= 0.3 is 0 Å². The average molecular weight is 513 g/mol. The zero-order valence-electron chi connectivity index (χ0n) is 21.5. The first-order chi connectivity index (χ1) is 18.3. The summed E-state index contributed by atoms with van der Waals surface area (Å²) in [6, 6.07) is 6.85. The van der Waals surface area contributed by atoms with Crippen LogP contribution in [0, 0.1) is 18.8 Å². The number of nitrogens with zero attached hydrogens (tertiary/aromatic N) is 7. The molecule has 194 valence electrons. The highest BCUT2D eigenvalue weighted by Crippen LogP contribution is 2.49. The van der Waals surface area contributed by atoms with E-state index in [0.717, 1.165) is 17.5 Å². The predicted molar refractivity (Wildman–Crippen MR) is 139 cm³/mol. The number of anilines is 1. The van der Waals surface area contributed by atoms with E-state index in [9.17, 15) is 14.4 Å². The van der Waals surface area contributed by atoms with Crippen molar-refractivity contribution in [2.75, 3.05) is 11.9 Å². The zero-order valence-corrected chi connectivity index (χ0v) is 21.5. The first-order valence-electron chi connectivity index (χ1n) is 12.8. The van der Waals surface area contributed by atoms with E-state index in [1.54, 1.807) is 38.9 Å². The summed E-state index contributed by atoms with van der Waals surface area (Å²) < 4.78 is 3.30. The zero-order chi connectivity index (χ0) is 26.6. The third kappa shape index (κ3) is 4.23. The monoisotopic (exact) mass is 512 g/mol. The Kier molecular flexibility index (Phi) is 5.77. The van der Waals surface area contributed by atoms with E-state index in [0.29, 0.717) is 47.2 Å². The number of hydrogen-bond acceptors (Lipinski definition) is 7. The van der Waals surface area contributed by atoms with E-state index in [2.05, 4.69) is 25.5 Å². The molecule has 4 aromatic rings. The quantitative estimate of drug-likeness (QED) is 0.377. The van der Waals surface area contributed by atoms with Gasteiger partial charge in [-0.2, -0.15) is 10.2 Å². The van der Waals surface area contributed by atoms with Gasteiger partial charge in [0, 0.05) is 55.6 Å². The Balaban J connectivity index is 1.25. The van der Waals surface area contributed by atoms with Crippen LogP contribution in [0.3, 0.4) is 0 Å². The van der Waals surface area contributed by atoms with Crippen molar-refractivity contribution in [2.45, 2.75) is 46.3 Å². The van der Waals surface area contributed by atoms with Crippen LogP contribution in [-0.4, -0.2) is 64.6 Å². The Bertz CT molecular complexity index is 1570. The first-order valence-corrected chi connectivity index (χ1v) is 12.8. The molecule has 0 radical (unpaired) electrons. The number of amides is 2. The van der Waals surface area contributed by atoms with Crippen LogP contribution in [-0.2, 0) is 22.7 Å². The van der Waals surface area contributed by atoms with Crippen LogP contribution in [0.15, 0.2) is 42.9 Å². The van der Waals surface area contributed by atoms with Gasteiger partial charge in [-0.1, -0.05) is 6.07 Å². The van der Waals surface area contributed by atoms with Crippen LogP contribution in [0.4, 0.5) is 5.82 Å². The maximum atomic E-state index is 13.5. The van der Waals surface area contributed by atoms with Crippen molar-refractivity contribution in [1.82, 2.24) is 34.4 Å². The van der Waals surface area contributed by atoms with Gasteiger partial charge in [-0.15, -0.1) is 0 Å². The third-order valence-electron chi connectivity index (χ3n) is 7.44. The fourth-order valence-electron chi connectivity index (χ4n) is 5.36. The van der Waals surface area contributed by atoms with Gasteiger partial charge in [0.15, 0.2) is 11.6 Å². The summed E-state index contributed by atoms with van der Waals surface area (Å²) >= 11 is 0. The molecule has 1 saturated carbocycles. The second-order valence-corrected chi connectivity index (χ2v) is 10.0. The number of benzene rings is 1. The van der Waals surface area contributed by atoms with E-state index in [1.165, 1.54) is 6.92 Å². The molecule has 6 rings (SSSR count). The molecule has 3 atom stereocenters. The fourth-order valence-corrected chi connectivity index (χ4v) is 5.36. The molecule has 0 bridgehead atoms. The Morgan fingerprint density at radius 3 is 2.58 bits per heavy atom. The summed E-state index contributed by atoms with van der Waals surface area (Å²) in [7, 11) is 0. The van der Waals surface area contributed by atoms with Gasteiger partial charge in [0.05, 0.1) is 5.52 Å². The highest BCUT2D eigenvalue weighted by molar-refractivity contribution is 6.06. The second kappa shape index (κ2) is 9.16. The Labute approximate surface area is 218 Å². The van der Waals surface area contributed by atoms with Crippen molar-refractivity contribution in [3.05, 3.63) is 54.4 Å². The number of carbonyl (C=O) groups excluding carboxylic acids is 3. The molecule has 1 N–H and O–H groups in total. The van der Waals surface area contributed by atoms with Crippen molar-refractivity contribution in [2.24, 2.45) is 11.8 Å². The van der Waals surface area contributed by atoms with Gasteiger partial charge < -0.3 is 10.2 Å². The number of rotatable bonds is 7. The topological polar surface area (TPSA) is 128 Å². The molecule has 11 heteroatoms. The number of ketones is 1. The van der Waals surface area contributed by atoms with Crippen molar-refractivity contribution in [3.8, 4) is 11.1 Å². The SMILES string of the molecule is CCn1ccc(NC(=O)[C@@H]2[C@@H]3C[C@@H]3CN2C(=O)Cn2nc(C(C)=O)c3cc(-c4cnc(C)nc4)ccc32)n1. The minimum Gasteiger partial charge on any atom is -0.328 e. The van der Waals surface area contributed by atoms with Crippen LogP contribution in [0.5, 0.6) is 0 Å². The summed E-state index contributed by atoms with van der Waals surface area (Å²) in [4.78, 5) is 49.3. The van der Waals surface area contributed by atoms with Gasteiger partial charge in [-0.25, -0.2) is 9.97 Å². The number of nitrogens with one attached hydrogen (secondary N) is 1. The maximum Gasteiger partial charge on any atom is 0.248 e. The molecular weight excluding hydrogens is 484 g/mol. The lowest BCUT2D eigenvalue weighted by molar-refractivity contribution is -0.138. The molecule has 4 heterocycles. The Hall–Kier alpha value is -4.41. The maximum absolute atomic E-state index is 13.5. The molecule has 2 aliphatic rings. The molecule has 1 saturated heterocycles. The third-order valence-corrected chi connectivity index (χ3v) is 7.44. The lowest BCUT2D eigenvalue weighted by atomic mass is 10.0. The first kappa shape index (κ1) is 24.0. The molecule has 0 spiro atoms. The highest BCUT2D eigenvalue weighted by Gasteiger charge is 2.56. The standard InChI is InChI=1S/C27H28N8O3/c1-4-33-8-7-23(31-33)30-27(38)26-20-10-18(20)13-34(26)24(37)14-35-22-6-5-17(19-11-28-16(3)29-12-19)9-21(22)25(32-35)15(2)36/h5-9,11-12,18,20,26H,4,10,13-14H2,1-3H3,(H,30,31,38)/t18-,20-,26+/m1/s1. The largest absolute Gasteiger partial charge is 0.328 e. The molecule has 11 nitrogen and oxygen atoms in total. The molecule has 0 unspecified atom stereocenters. The van der Waals surface area contributed by atoms with Crippen molar-refractivity contribution in [1.29, 1.82) is 0 Å². The summed E-state index contributed by atoms with van der Waals surface area (Å²) in [5.41, 5.74) is 2.65. The Morgan fingerprint density at radius 1 is 1.08 bits per heavy atom. The normalized spacial score (nSPS) is 20.0. The van der Waals surface area contributed by atoms with E-state index in [1.807, 2.05) is 32.0 Å². The van der Waals surface area contributed by atoms with Gasteiger partial charge in [0.25, 0.3) is 0 Å². The molecule has 1 aliphatic heterocycles. The fraction of sp³-hybridized carbons (Fsp3) is 0.370. The molecule has 2 amide bonds. The number of piperidine rings is 1. The average Bonchev–Trinajstić information content (AvgIpc) is 3.22. The van der Waals surface area contributed by atoms with E-state index in [-0.39, 0.29) is 30.1 Å². The van der Waals surface area contributed by atoms with Gasteiger partial charge in [-0.3, -0.25) is 23.7 Å². The number of carbonyl (C=O) groups is 3. The molecule has 38 heavy (non-hydrogen) atoms. The minimum absolute atomic E-state index is 0.0650. The van der Waals surface area contributed by atoms with Gasteiger partial charge in [0.2, 0.25) is 11.8 Å². The predicted octanol–water partition coefficient (Wildman–Crippen LogP) is 2.71. The van der Waals surface area contributed by atoms with Crippen molar-refractivity contribution < 1.29 is 14.4 Å². The van der Waals surface area contributed by atoms with E-state index in [4.69, 9.17) is 0 Å². The molecule has 1 aliphatic carbocycles. The number of aryl methyl sites for hydroxylation is 2. The Morgan fingerprint density at radius 2 is 1.87 bits per heavy atom. The summed E-state index contributed by atoms with van der Waals surface area (Å²) in [6.07, 6.45) is 6.22. The van der Waals surface area contributed by atoms with Crippen LogP contribution < -0.4 is 5.32 Å². The number of aromatic nitrogens is 6. The molecule has 2 fully saturated rings. The van der Waals surface area contributed by atoms with E-state index < -0.39 is 6.04 Å². The smallest absolute Gasteiger partial charge is 0.248 e. The van der Waals surface area contributed by atoms with E-state index >= 15 is 0 Å². The van der Waals surface area contributed by atoms with Crippen molar-refractivity contribution >= 4 is 34.3 Å². The number of fused-ring (bicyclic) bond motifs is 2. The second-order valence-electron chi connectivity index (χ2n) is 10.0. The van der Waals surface area contributed by atoms with Gasteiger partial charge in [0.1, 0.15) is 24.1 Å². The van der Waals surface area contributed by atoms with Crippen LogP contribution in [0.2, 0.25) is 0 Å². The van der Waals surface area contributed by atoms with Gasteiger partial charge in [-0.05, 0) is 49.8 Å². The van der Waals surface area contributed by atoms with Crippen molar-refractivity contribution in [3.63, 3.8) is 0 Å². The molecule has 3 aromatic heterocycles. The molecule has 1 aromatic carbocycles. The number of likely N-dealkylation sites (tertiary alicyclic amines) is 1. The van der Waals surface area contributed by atoms with Crippen LogP contribution >= 0.6 is 0 Å². The minimum atomic E-state index is -0.540. The number of Topliss-reactive ketones (excluding diaryl/α,β-unsaturated/α-hetero) is 1. The summed E-state index contributed by atoms with van der Waals surface area (Å²) in [5, 5.41) is 12.4.